The zero-order valence-electron chi connectivity index (χ0n) is 14.2. The smallest absolute Gasteiger partial charge is 0.339 e. The highest BCUT2D eigenvalue weighted by Gasteiger charge is 2.24. The number of halogens is 1. The third-order valence-corrected chi connectivity index (χ3v) is 3.97. The van der Waals surface area contributed by atoms with Gasteiger partial charge in [-0.25, -0.2) is 4.79 Å². The van der Waals surface area contributed by atoms with Crippen molar-refractivity contribution in [1.82, 2.24) is 4.90 Å². The molecule has 8 heteroatoms. The van der Waals surface area contributed by atoms with E-state index in [9.17, 15) is 19.7 Å². The molecule has 1 atom stereocenters. The Bertz CT molecular complexity index is 826. The van der Waals surface area contributed by atoms with Gasteiger partial charge in [0.05, 0.1) is 10.5 Å². The zero-order valence-corrected chi connectivity index (χ0v) is 15.0. The van der Waals surface area contributed by atoms with E-state index >= 15 is 0 Å². The molecule has 26 heavy (non-hydrogen) atoms. The molecule has 0 saturated heterocycles. The quantitative estimate of drug-likeness (QED) is 0.437. The van der Waals surface area contributed by atoms with E-state index in [2.05, 4.69) is 0 Å². The maximum absolute atomic E-state index is 12.4. The number of esters is 1. The van der Waals surface area contributed by atoms with Gasteiger partial charge in [0.1, 0.15) is 5.02 Å². The first-order valence-corrected chi connectivity index (χ1v) is 8.11. The zero-order chi connectivity index (χ0) is 19.3. The minimum Gasteiger partial charge on any atom is -0.449 e. The Morgan fingerprint density at radius 3 is 2.50 bits per heavy atom. The van der Waals surface area contributed by atoms with Crippen molar-refractivity contribution in [1.29, 1.82) is 0 Å². The number of carbonyl (C=O) groups is 2. The van der Waals surface area contributed by atoms with Gasteiger partial charge >= 0.3 is 5.97 Å². The van der Waals surface area contributed by atoms with E-state index in [0.29, 0.717) is 6.54 Å². The lowest BCUT2D eigenvalue weighted by Crippen LogP contribution is -2.37. The van der Waals surface area contributed by atoms with Crippen molar-refractivity contribution >= 4 is 29.2 Å². The van der Waals surface area contributed by atoms with Crippen LogP contribution in [-0.2, 0) is 16.1 Å². The summed E-state index contributed by atoms with van der Waals surface area (Å²) in [5, 5.41) is 10.8. The Labute approximate surface area is 155 Å². The van der Waals surface area contributed by atoms with Gasteiger partial charge in [0, 0.05) is 19.7 Å². The molecule has 0 heterocycles. The van der Waals surface area contributed by atoms with Crippen molar-refractivity contribution < 1.29 is 19.2 Å². The number of hydrogen-bond acceptors (Lipinski definition) is 5. The van der Waals surface area contributed by atoms with Crippen molar-refractivity contribution in [3.8, 4) is 0 Å². The first-order valence-electron chi connectivity index (χ1n) is 7.73. The molecular weight excluding hydrogens is 360 g/mol. The summed E-state index contributed by atoms with van der Waals surface area (Å²) in [7, 11) is 1.60. The Balaban J connectivity index is 2.03. The van der Waals surface area contributed by atoms with Crippen LogP contribution >= 0.6 is 11.6 Å². The molecule has 0 aromatic heterocycles. The highest BCUT2D eigenvalue weighted by Crippen LogP contribution is 2.25. The second kappa shape index (κ2) is 8.44. The molecule has 7 nitrogen and oxygen atoms in total. The van der Waals surface area contributed by atoms with Gasteiger partial charge in [-0.05, 0) is 24.6 Å². The van der Waals surface area contributed by atoms with Crippen molar-refractivity contribution in [2.75, 3.05) is 7.05 Å². The molecule has 0 bridgehead atoms. The first-order chi connectivity index (χ1) is 12.3. The van der Waals surface area contributed by atoms with Crippen LogP contribution in [0.1, 0.15) is 22.8 Å². The molecular formula is C18H17ClN2O5. The van der Waals surface area contributed by atoms with Gasteiger partial charge in [0.15, 0.2) is 6.10 Å². The summed E-state index contributed by atoms with van der Waals surface area (Å²) in [6, 6.07) is 12.9. The Kier molecular flexibility index (Phi) is 6.30. The fourth-order valence-electron chi connectivity index (χ4n) is 2.30. The lowest BCUT2D eigenvalue weighted by Gasteiger charge is -2.21. The molecule has 0 saturated carbocycles. The summed E-state index contributed by atoms with van der Waals surface area (Å²) in [5.74, 6) is -1.22. The highest BCUT2D eigenvalue weighted by atomic mass is 35.5. The third-order valence-electron chi connectivity index (χ3n) is 3.65. The monoisotopic (exact) mass is 376 g/mol. The van der Waals surface area contributed by atoms with Gasteiger partial charge in [0.2, 0.25) is 0 Å². The fraction of sp³-hybridized carbons (Fsp3) is 0.222. The number of nitro benzene ring substituents is 1. The molecule has 0 fully saturated rings. The molecule has 2 rings (SSSR count). The molecule has 0 spiro atoms. The molecule has 0 radical (unpaired) electrons. The molecule has 0 aliphatic heterocycles. The van der Waals surface area contributed by atoms with Crippen LogP contribution in [0, 0.1) is 10.1 Å². The van der Waals surface area contributed by atoms with E-state index in [-0.39, 0.29) is 16.5 Å². The van der Waals surface area contributed by atoms with Crippen LogP contribution in [0.4, 0.5) is 5.69 Å². The second-order valence-electron chi connectivity index (χ2n) is 5.65. The molecule has 2 aromatic rings. The van der Waals surface area contributed by atoms with E-state index in [1.54, 1.807) is 7.05 Å². The second-order valence-corrected chi connectivity index (χ2v) is 6.06. The average Bonchev–Trinajstić information content (AvgIpc) is 2.61. The summed E-state index contributed by atoms with van der Waals surface area (Å²) in [6.45, 7) is 1.82. The number of nitrogens with zero attached hydrogens (tertiary/aromatic N) is 2. The number of carbonyl (C=O) groups excluding carboxylic acids is 2. The van der Waals surface area contributed by atoms with E-state index in [4.69, 9.17) is 16.3 Å². The van der Waals surface area contributed by atoms with Crippen molar-refractivity contribution in [3.63, 3.8) is 0 Å². The summed E-state index contributed by atoms with van der Waals surface area (Å²) in [6.07, 6.45) is -1.04. The van der Waals surface area contributed by atoms with Crippen LogP contribution in [0.3, 0.4) is 0 Å². The van der Waals surface area contributed by atoms with Crippen molar-refractivity contribution in [2.24, 2.45) is 0 Å². The minimum absolute atomic E-state index is 0.0496. The predicted octanol–water partition coefficient (Wildman–Crippen LogP) is 3.45. The molecule has 0 aliphatic carbocycles. The molecule has 0 aliphatic rings. The normalized spacial score (nSPS) is 11.5. The maximum atomic E-state index is 12.4. The van der Waals surface area contributed by atoms with E-state index in [1.165, 1.54) is 24.0 Å². The SMILES string of the molecule is CC(OC(=O)c1ccc(Cl)c([N+](=O)[O-])c1)C(=O)N(C)Cc1ccccc1. The Morgan fingerprint density at radius 2 is 1.88 bits per heavy atom. The van der Waals surface area contributed by atoms with Crippen molar-refractivity contribution in [2.45, 2.75) is 19.6 Å². The minimum atomic E-state index is -1.04. The lowest BCUT2D eigenvalue weighted by molar-refractivity contribution is -0.384. The maximum Gasteiger partial charge on any atom is 0.339 e. The van der Waals surface area contributed by atoms with Crippen LogP contribution in [0.15, 0.2) is 48.5 Å². The summed E-state index contributed by atoms with van der Waals surface area (Å²) in [4.78, 5) is 36.2. The van der Waals surface area contributed by atoms with E-state index in [0.717, 1.165) is 11.6 Å². The van der Waals surface area contributed by atoms with Gasteiger partial charge in [-0.2, -0.15) is 0 Å². The summed E-state index contributed by atoms with van der Waals surface area (Å²) >= 11 is 5.72. The average molecular weight is 377 g/mol. The highest BCUT2D eigenvalue weighted by molar-refractivity contribution is 6.32. The molecule has 1 amide bonds. The predicted molar refractivity (Wildman–Crippen MR) is 95.9 cm³/mol. The number of hydrogen-bond donors (Lipinski definition) is 0. The Morgan fingerprint density at radius 1 is 1.23 bits per heavy atom. The van der Waals surface area contributed by atoms with Gasteiger partial charge in [-0.1, -0.05) is 41.9 Å². The van der Waals surface area contributed by atoms with Crippen LogP contribution < -0.4 is 0 Å². The summed E-state index contributed by atoms with van der Waals surface area (Å²) in [5.41, 5.74) is 0.489. The third kappa shape index (κ3) is 4.80. The molecule has 1 unspecified atom stereocenters. The summed E-state index contributed by atoms with van der Waals surface area (Å²) < 4.78 is 5.14. The molecule has 0 N–H and O–H groups in total. The largest absolute Gasteiger partial charge is 0.449 e. The van der Waals surface area contributed by atoms with E-state index < -0.39 is 22.7 Å². The number of rotatable bonds is 6. The standard InChI is InChI=1S/C18H17ClN2O5/c1-12(17(22)20(2)11-13-6-4-3-5-7-13)26-18(23)14-8-9-15(19)16(10-14)21(24)25/h3-10,12H,11H2,1-2H3. The Hall–Kier alpha value is -2.93. The van der Waals surface area contributed by atoms with Crippen molar-refractivity contribution in [3.05, 3.63) is 74.8 Å². The van der Waals surface area contributed by atoms with Crippen LogP contribution in [0.5, 0.6) is 0 Å². The number of nitro groups is 1. The molecule has 136 valence electrons. The van der Waals surface area contributed by atoms with Crippen LogP contribution in [0.25, 0.3) is 0 Å². The first kappa shape index (κ1) is 19.4. The fourth-order valence-corrected chi connectivity index (χ4v) is 2.49. The van der Waals surface area contributed by atoms with Crippen LogP contribution in [-0.4, -0.2) is 34.9 Å². The van der Waals surface area contributed by atoms with Crippen LogP contribution in [0.2, 0.25) is 5.02 Å². The van der Waals surface area contributed by atoms with Gasteiger partial charge in [-0.3, -0.25) is 14.9 Å². The number of amides is 1. The van der Waals surface area contributed by atoms with Gasteiger partial charge < -0.3 is 9.64 Å². The van der Waals surface area contributed by atoms with Gasteiger partial charge in [-0.15, -0.1) is 0 Å². The number of likely N-dealkylation sites (N-methyl/N-ethyl adjacent to an activating group) is 1. The topological polar surface area (TPSA) is 89.7 Å². The van der Waals surface area contributed by atoms with E-state index in [1.807, 2.05) is 30.3 Å². The number of benzene rings is 2. The lowest BCUT2D eigenvalue weighted by atomic mass is 10.2. The van der Waals surface area contributed by atoms with Gasteiger partial charge in [0.25, 0.3) is 11.6 Å². The number of ether oxygens (including phenoxy) is 1. The molecule has 2 aromatic carbocycles.